The standard InChI is InChI=1S/C23H29NO3/c1-18(25)22-9-5-6-10-23(22)27-17-21(26)16-24-13-11-20(12-14-24)15-19-7-3-2-4-8-19/h2-10,20-21,26H,11-17H2,1H3/t21-/m1/s1. The van der Waals surface area contributed by atoms with Gasteiger partial charge in [0.25, 0.3) is 0 Å². The highest BCUT2D eigenvalue weighted by atomic mass is 16.5. The molecule has 1 fully saturated rings. The molecule has 1 atom stereocenters. The number of β-amino-alcohol motifs (C(OH)–C–C–N with tert-alkyl or cyclic N) is 1. The highest BCUT2D eigenvalue weighted by Gasteiger charge is 2.21. The van der Waals surface area contributed by atoms with Crippen LogP contribution in [0.2, 0.25) is 0 Å². The average molecular weight is 367 g/mol. The molecule has 4 nitrogen and oxygen atoms in total. The van der Waals surface area contributed by atoms with E-state index in [4.69, 9.17) is 4.74 Å². The molecule has 0 unspecified atom stereocenters. The molecular formula is C23H29NO3. The second-order valence-corrected chi connectivity index (χ2v) is 7.45. The lowest BCUT2D eigenvalue weighted by molar-refractivity contribution is 0.0546. The first kappa shape index (κ1) is 19.6. The van der Waals surface area contributed by atoms with E-state index in [0.717, 1.165) is 38.3 Å². The SMILES string of the molecule is CC(=O)c1ccccc1OC[C@H](O)CN1CCC(Cc2ccccc2)CC1. The zero-order valence-corrected chi connectivity index (χ0v) is 16.0. The van der Waals surface area contributed by atoms with Crippen LogP contribution in [0.1, 0.15) is 35.7 Å². The molecule has 0 radical (unpaired) electrons. The van der Waals surface area contributed by atoms with Gasteiger partial charge in [-0.3, -0.25) is 4.79 Å². The van der Waals surface area contributed by atoms with Gasteiger partial charge in [0.1, 0.15) is 18.5 Å². The van der Waals surface area contributed by atoms with Crippen molar-refractivity contribution in [1.29, 1.82) is 0 Å². The van der Waals surface area contributed by atoms with Gasteiger partial charge in [0.15, 0.2) is 5.78 Å². The fraction of sp³-hybridized carbons (Fsp3) is 0.435. The number of hydrogen-bond acceptors (Lipinski definition) is 4. The van der Waals surface area contributed by atoms with E-state index in [-0.39, 0.29) is 12.4 Å². The predicted molar refractivity (Wildman–Crippen MR) is 107 cm³/mol. The maximum absolute atomic E-state index is 11.6. The van der Waals surface area contributed by atoms with E-state index in [1.807, 2.05) is 12.1 Å². The largest absolute Gasteiger partial charge is 0.490 e. The van der Waals surface area contributed by atoms with Gasteiger partial charge >= 0.3 is 0 Å². The van der Waals surface area contributed by atoms with Gasteiger partial charge in [-0.1, -0.05) is 42.5 Å². The van der Waals surface area contributed by atoms with Crippen molar-refractivity contribution in [3.63, 3.8) is 0 Å². The van der Waals surface area contributed by atoms with Gasteiger partial charge in [-0.05, 0) is 62.9 Å². The van der Waals surface area contributed by atoms with Crippen molar-refractivity contribution in [3.05, 3.63) is 65.7 Å². The first-order valence-electron chi connectivity index (χ1n) is 9.79. The lowest BCUT2D eigenvalue weighted by Gasteiger charge is -2.33. The molecule has 1 N–H and O–H groups in total. The molecule has 1 saturated heterocycles. The number of carbonyl (C=O) groups is 1. The van der Waals surface area contributed by atoms with Crippen molar-refractivity contribution in [3.8, 4) is 5.75 Å². The van der Waals surface area contributed by atoms with E-state index in [2.05, 4.69) is 35.2 Å². The van der Waals surface area contributed by atoms with E-state index in [1.54, 1.807) is 12.1 Å². The number of para-hydroxylation sites is 1. The smallest absolute Gasteiger partial charge is 0.163 e. The molecular weight excluding hydrogens is 338 g/mol. The number of rotatable bonds is 8. The lowest BCUT2D eigenvalue weighted by atomic mass is 9.90. The molecule has 0 bridgehead atoms. The third kappa shape index (κ3) is 5.91. The number of ether oxygens (including phenoxy) is 1. The van der Waals surface area contributed by atoms with Crippen LogP contribution >= 0.6 is 0 Å². The van der Waals surface area contributed by atoms with E-state index in [1.165, 1.54) is 12.5 Å². The van der Waals surface area contributed by atoms with E-state index in [9.17, 15) is 9.90 Å². The lowest BCUT2D eigenvalue weighted by Crippen LogP contribution is -2.41. The quantitative estimate of drug-likeness (QED) is 0.725. The minimum Gasteiger partial charge on any atom is -0.490 e. The minimum atomic E-state index is -0.560. The summed E-state index contributed by atoms with van der Waals surface area (Å²) in [6, 6.07) is 17.9. The number of carbonyl (C=O) groups excluding carboxylic acids is 1. The Kier molecular flexibility index (Phi) is 7.02. The van der Waals surface area contributed by atoms with Crippen molar-refractivity contribution >= 4 is 5.78 Å². The van der Waals surface area contributed by atoms with E-state index >= 15 is 0 Å². The molecule has 2 aromatic carbocycles. The van der Waals surface area contributed by atoms with Crippen LogP contribution in [0.5, 0.6) is 5.75 Å². The number of hydrogen-bond donors (Lipinski definition) is 1. The van der Waals surface area contributed by atoms with Crippen molar-refractivity contribution in [2.45, 2.75) is 32.3 Å². The normalized spacial score (nSPS) is 16.8. The molecule has 0 aromatic heterocycles. The number of Topliss-reactive ketones (excluding diaryl/α,β-unsaturated/α-hetero) is 1. The fourth-order valence-electron chi connectivity index (χ4n) is 3.74. The summed E-state index contributed by atoms with van der Waals surface area (Å²) in [4.78, 5) is 14.0. The van der Waals surface area contributed by atoms with Crippen molar-refractivity contribution in [2.24, 2.45) is 5.92 Å². The number of aliphatic hydroxyl groups excluding tert-OH is 1. The highest BCUT2D eigenvalue weighted by molar-refractivity contribution is 5.96. The summed E-state index contributed by atoms with van der Waals surface area (Å²) >= 11 is 0. The Morgan fingerprint density at radius 1 is 1.11 bits per heavy atom. The maximum Gasteiger partial charge on any atom is 0.163 e. The van der Waals surface area contributed by atoms with Crippen LogP contribution in [0.15, 0.2) is 54.6 Å². The van der Waals surface area contributed by atoms with Crippen molar-refractivity contribution < 1.29 is 14.6 Å². The summed E-state index contributed by atoms with van der Waals surface area (Å²) < 4.78 is 5.70. The molecule has 1 aliphatic rings. The van der Waals surface area contributed by atoms with Gasteiger partial charge in [-0.25, -0.2) is 0 Å². The highest BCUT2D eigenvalue weighted by Crippen LogP contribution is 2.22. The Labute approximate surface area is 161 Å². The first-order valence-corrected chi connectivity index (χ1v) is 9.79. The van der Waals surface area contributed by atoms with Gasteiger partial charge < -0.3 is 14.7 Å². The predicted octanol–water partition coefficient (Wildman–Crippen LogP) is 3.58. The van der Waals surface area contributed by atoms with Gasteiger partial charge in [-0.15, -0.1) is 0 Å². The van der Waals surface area contributed by atoms with Crippen LogP contribution in [0.3, 0.4) is 0 Å². The minimum absolute atomic E-state index is 0.0272. The Hall–Kier alpha value is -2.17. The second kappa shape index (κ2) is 9.67. The molecule has 0 saturated carbocycles. The second-order valence-electron chi connectivity index (χ2n) is 7.45. The first-order chi connectivity index (χ1) is 13.1. The zero-order chi connectivity index (χ0) is 19.1. The molecule has 2 aromatic rings. The van der Waals surface area contributed by atoms with Crippen molar-refractivity contribution in [2.75, 3.05) is 26.2 Å². The summed E-state index contributed by atoms with van der Waals surface area (Å²) in [5.74, 6) is 1.24. The third-order valence-electron chi connectivity index (χ3n) is 5.24. The molecule has 144 valence electrons. The monoisotopic (exact) mass is 367 g/mol. The number of aliphatic hydroxyl groups is 1. The summed E-state index contributed by atoms with van der Waals surface area (Å²) in [6.45, 7) is 4.37. The number of nitrogens with zero attached hydrogens (tertiary/aromatic N) is 1. The number of ketones is 1. The Morgan fingerprint density at radius 2 is 1.78 bits per heavy atom. The average Bonchev–Trinajstić information content (AvgIpc) is 2.69. The molecule has 3 rings (SSSR count). The molecule has 1 aliphatic heterocycles. The van der Waals surface area contributed by atoms with Crippen LogP contribution in [-0.4, -0.2) is 48.1 Å². The molecule has 0 spiro atoms. The number of piperidine rings is 1. The van der Waals surface area contributed by atoms with Crippen LogP contribution in [-0.2, 0) is 6.42 Å². The molecule has 0 amide bonds. The fourth-order valence-corrected chi connectivity index (χ4v) is 3.74. The van der Waals surface area contributed by atoms with Crippen LogP contribution in [0.25, 0.3) is 0 Å². The van der Waals surface area contributed by atoms with Gasteiger partial charge in [0.05, 0.1) is 5.56 Å². The third-order valence-corrected chi connectivity index (χ3v) is 5.24. The van der Waals surface area contributed by atoms with Gasteiger partial charge in [0.2, 0.25) is 0 Å². The molecule has 4 heteroatoms. The molecule has 0 aliphatic carbocycles. The summed E-state index contributed by atoms with van der Waals surface area (Å²) in [5.41, 5.74) is 1.97. The summed E-state index contributed by atoms with van der Waals surface area (Å²) in [5, 5.41) is 10.3. The maximum atomic E-state index is 11.6. The Bertz CT molecular complexity index is 723. The summed E-state index contributed by atoms with van der Waals surface area (Å²) in [7, 11) is 0. The zero-order valence-electron chi connectivity index (χ0n) is 16.0. The Balaban J connectivity index is 1.41. The Morgan fingerprint density at radius 3 is 2.48 bits per heavy atom. The molecule has 1 heterocycles. The molecule has 27 heavy (non-hydrogen) atoms. The van der Waals surface area contributed by atoms with Crippen LogP contribution in [0, 0.1) is 5.92 Å². The van der Waals surface area contributed by atoms with E-state index < -0.39 is 6.10 Å². The summed E-state index contributed by atoms with van der Waals surface area (Å²) in [6.07, 6.45) is 2.91. The number of likely N-dealkylation sites (tertiary alicyclic amines) is 1. The number of benzene rings is 2. The van der Waals surface area contributed by atoms with Gasteiger partial charge in [0, 0.05) is 6.54 Å². The van der Waals surface area contributed by atoms with E-state index in [0.29, 0.717) is 17.9 Å². The topological polar surface area (TPSA) is 49.8 Å². The van der Waals surface area contributed by atoms with Crippen LogP contribution < -0.4 is 4.74 Å². The van der Waals surface area contributed by atoms with Gasteiger partial charge in [-0.2, -0.15) is 0 Å². The van der Waals surface area contributed by atoms with Crippen LogP contribution in [0.4, 0.5) is 0 Å². The van der Waals surface area contributed by atoms with Crippen molar-refractivity contribution in [1.82, 2.24) is 4.90 Å².